The molecule has 0 aliphatic carbocycles. The fourth-order valence-electron chi connectivity index (χ4n) is 1.76. The second-order valence-electron chi connectivity index (χ2n) is 4.16. The molecule has 0 heterocycles. The van der Waals surface area contributed by atoms with Gasteiger partial charge in [0.15, 0.2) is 0 Å². The maximum absolute atomic E-state index is 11.1. The molecule has 0 aromatic heterocycles. The zero-order chi connectivity index (χ0) is 13.3. The van der Waals surface area contributed by atoms with E-state index in [4.69, 9.17) is 0 Å². The summed E-state index contributed by atoms with van der Waals surface area (Å²) < 4.78 is 2.30. The third kappa shape index (κ3) is 5.03. The predicted octanol–water partition coefficient (Wildman–Crippen LogP) is 2.73. The van der Waals surface area contributed by atoms with Crippen LogP contribution >= 0.6 is 0 Å². The molecule has 2 aromatic rings. The first kappa shape index (κ1) is 14.1. The van der Waals surface area contributed by atoms with E-state index < -0.39 is 20.9 Å². The third-order valence-corrected chi connectivity index (χ3v) is 5.59. The third-order valence-electron chi connectivity index (χ3n) is 2.72. The molecule has 96 valence electrons. The molecule has 0 saturated heterocycles. The molecule has 0 aliphatic rings. The number of hydrogen-bond acceptors (Lipinski definition) is 1. The summed E-state index contributed by atoms with van der Waals surface area (Å²) in [7, 11) is 0. The van der Waals surface area contributed by atoms with E-state index >= 15 is 0 Å². The van der Waals surface area contributed by atoms with E-state index in [9.17, 15) is 4.79 Å². The SMILES string of the molecule is O=C/C(=C/CCc1ccccc1)[Te]c1ccccc1. The Balaban J connectivity index is 1.91. The van der Waals surface area contributed by atoms with Crippen LogP contribution in [0.25, 0.3) is 0 Å². The number of carbonyl (C=O) groups excluding carboxylic acids is 1. The fourth-order valence-corrected chi connectivity index (χ4v) is 4.09. The molecule has 0 fully saturated rings. The molecule has 0 bridgehead atoms. The van der Waals surface area contributed by atoms with Crippen LogP contribution in [0.1, 0.15) is 12.0 Å². The zero-order valence-electron chi connectivity index (χ0n) is 10.7. The summed E-state index contributed by atoms with van der Waals surface area (Å²) in [5, 5.41) is 0. The van der Waals surface area contributed by atoms with Crippen molar-refractivity contribution >= 4 is 30.8 Å². The van der Waals surface area contributed by atoms with Gasteiger partial charge in [-0.3, -0.25) is 0 Å². The molecule has 2 aromatic carbocycles. The van der Waals surface area contributed by atoms with Crippen molar-refractivity contribution in [2.75, 3.05) is 0 Å². The molecule has 2 rings (SSSR count). The Morgan fingerprint density at radius 2 is 1.58 bits per heavy atom. The summed E-state index contributed by atoms with van der Waals surface area (Å²) in [6.07, 6.45) is 5.07. The van der Waals surface area contributed by atoms with Crippen molar-refractivity contribution in [3.8, 4) is 0 Å². The Hall–Kier alpha value is -1.36. The number of aryl methyl sites for hydroxylation is 1. The number of benzene rings is 2. The Labute approximate surface area is 124 Å². The first-order valence-corrected chi connectivity index (χ1v) is 8.63. The first-order chi connectivity index (χ1) is 9.38. The van der Waals surface area contributed by atoms with Crippen molar-refractivity contribution in [1.29, 1.82) is 0 Å². The van der Waals surface area contributed by atoms with Crippen LogP contribution in [-0.2, 0) is 11.2 Å². The van der Waals surface area contributed by atoms with Gasteiger partial charge in [0.25, 0.3) is 0 Å². The zero-order valence-corrected chi connectivity index (χ0v) is 13.0. The molecular formula is C17H16OTe. The van der Waals surface area contributed by atoms with Gasteiger partial charge in [0.05, 0.1) is 0 Å². The first-order valence-electron chi connectivity index (χ1n) is 6.30. The number of carbonyl (C=O) groups is 1. The standard InChI is InChI=1S/C17H16OTe/c18-14-17(19-16-11-5-2-6-12-16)13-7-10-15-8-3-1-4-9-15/h1-6,8-9,11-14H,7,10H2/b17-13-. The van der Waals surface area contributed by atoms with Gasteiger partial charge in [-0.1, -0.05) is 0 Å². The minimum absolute atomic E-state index is 0.520. The molecule has 0 amide bonds. The van der Waals surface area contributed by atoms with Gasteiger partial charge in [-0.2, -0.15) is 0 Å². The summed E-state index contributed by atoms with van der Waals surface area (Å²) in [6, 6.07) is 20.7. The van der Waals surface area contributed by atoms with Crippen LogP contribution in [0.5, 0.6) is 0 Å². The predicted molar refractivity (Wildman–Crippen MR) is 80.7 cm³/mol. The Morgan fingerprint density at radius 3 is 2.21 bits per heavy atom. The van der Waals surface area contributed by atoms with Crippen molar-refractivity contribution < 1.29 is 4.79 Å². The molecule has 19 heavy (non-hydrogen) atoms. The maximum atomic E-state index is 11.1. The van der Waals surface area contributed by atoms with Crippen LogP contribution < -0.4 is 3.61 Å². The van der Waals surface area contributed by atoms with Gasteiger partial charge in [-0.15, -0.1) is 0 Å². The van der Waals surface area contributed by atoms with Crippen molar-refractivity contribution in [2.24, 2.45) is 0 Å². The van der Waals surface area contributed by atoms with Crippen LogP contribution in [0, 0.1) is 0 Å². The molecule has 1 nitrogen and oxygen atoms in total. The molecule has 0 atom stereocenters. The van der Waals surface area contributed by atoms with Crippen molar-refractivity contribution in [3.05, 3.63) is 75.9 Å². The minimum atomic E-state index is -0.520. The van der Waals surface area contributed by atoms with Gasteiger partial charge in [-0.05, 0) is 0 Å². The summed E-state index contributed by atoms with van der Waals surface area (Å²) in [4.78, 5) is 11.1. The quantitative estimate of drug-likeness (QED) is 0.438. The summed E-state index contributed by atoms with van der Waals surface area (Å²) >= 11 is -0.520. The molecule has 0 saturated carbocycles. The normalized spacial score (nSPS) is 11.3. The van der Waals surface area contributed by atoms with Gasteiger partial charge in [-0.25, -0.2) is 0 Å². The second-order valence-corrected chi connectivity index (χ2v) is 7.44. The van der Waals surface area contributed by atoms with Crippen LogP contribution in [-0.4, -0.2) is 27.2 Å². The Kier molecular flexibility index (Phi) is 5.87. The number of hydrogen-bond donors (Lipinski definition) is 0. The molecule has 2 heteroatoms. The van der Waals surface area contributed by atoms with Crippen LogP contribution in [0.3, 0.4) is 0 Å². The monoisotopic (exact) mass is 366 g/mol. The number of rotatable bonds is 6. The average Bonchev–Trinajstić information content (AvgIpc) is 2.48. The Bertz CT molecular complexity index is 532. The summed E-state index contributed by atoms with van der Waals surface area (Å²) in [6.45, 7) is 0. The summed E-state index contributed by atoms with van der Waals surface area (Å²) in [5.41, 5.74) is 1.32. The van der Waals surface area contributed by atoms with Gasteiger partial charge >= 0.3 is 124 Å². The second kappa shape index (κ2) is 7.94. The van der Waals surface area contributed by atoms with E-state index in [-0.39, 0.29) is 0 Å². The van der Waals surface area contributed by atoms with E-state index in [2.05, 4.69) is 42.5 Å². The summed E-state index contributed by atoms with van der Waals surface area (Å²) in [5.74, 6) is 0. The van der Waals surface area contributed by atoms with Crippen LogP contribution in [0.15, 0.2) is 70.4 Å². The molecule has 0 unspecified atom stereocenters. The number of allylic oxidation sites excluding steroid dienone is 2. The number of aldehydes is 1. The van der Waals surface area contributed by atoms with Gasteiger partial charge < -0.3 is 0 Å². The molecular weight excluding hydrogens is 348 g/mol. The van der Waals surface area contributed by atoms with Gasteiger partial charge in [0.2, 0.25) is 0 Å². The van der Waals surface area contributed by atoms with E-state index in [1.165, 1.54) is 9.17 Å². The topological polar surface area (TPSA) is 17.1 Å². The van der Waals surface area contributed by atoms with Crippen LogP contribution in [0.2, 0.25) is 0 Å². The van der Waals surface area contributed by atoms with E-state index in [0.717, 1.165) is 22.7 Å². The molecule has 0 spiro atoms. The van der Waals surface area contributed by atoms with Gasteiger partial charge in [0.1, 0.15) is 0 Å². The van der Waals surface area contributed by atoms with Crippen LogP contribution in [0.4, 0.5) is 0 Å². The fraction of sp³-hybridized carbons (Fsp3) is 0.118. The Morgan fingerprint density at radius 1 is 0.947 bits per heavy atom. The van der Waals surface area contributed by atoms with E-state index in [1.54, 1.807) is 0 Å². The van der Waals surface area contributed by atoms with Gasteiger partial charge in [0, 0.05) is 0 Å². The molecule has 0 N–H and O–H groups in total. The van der Waals surface area contributed by atoms with Crippen molar-refractivity contribution in [3.63, 3.8) is 0 Å². The van der Waals surface area contributed by atoms with Crippen molar-refractivity contribution in [1.82, 2.24) is 0 Å². The van der Waals surface area contributed by atoms with E-state index in [0.29, 0.717) is 0 Å². The van der Waals surface area contributed by atoms with E-state index in [1.807, 2.05) is 24.3 Å². The van der Waals surface area contributed by atoms with Crippen molar-refractivity contribution in [2.45, 2.75) is 12.8 Å². The molecule has 0 aliphatic heterocycles. The molecule has 0 radical (unpaired) electrons. The average molecular weight is 364 g/mol.